The van der Waals surface area contributed by atoms with Crippen molar-refractivity contribution in [3.8, 4) is 5.75 Å². The predicted molar refractivity (Wildman–Crippen MR) is 87.5 cm³/mol. The van der Waals surface area contributed by atoms with Crippen LogP contribution >= 0.6 is 0 Å². The van der Waals surface area contributed by atoms with E-state index in [1.807, 2.05) is 0 Å². The quantitative estimate of drug-likeness (QED) is 0.425. The zero-order chi connectivity index (χ0) is 18.0. The molecule has 1 aromatic heterocycles. The number of aromatic nitrogens is 2. The molecule has 2 aromatic rings. The zero-order valence-corrected chi connectivity index (χ0v) is 14.1. The van der Waals surface area contributed by atoms with Crippen molar-refractivity contribution in [1.29, 1.82) is 0 Å². The molecule has 0 atom stereocenters. The van der Waals surface area contributed by atoms with E-state index in [-0.39, 0.29) is 29.7 Å². The Hall–Kier alpha value is -2.68. The van der Waals surface area contributed by atoms with Gasteiger partial charge in [-0.15, -0.1) is 0 Å². The van der Waals surface area contributed by atoms with Crippen molar-refractivity contribution in [1.82, 2.24) is 9.55 Å². The smallest absolute Gasteiger partial charge is 0.313 e. The molecule has 1 aromatic carbocycles. The molecule has 1 fully saturated rings. The topological polar surface area (TPSA) is 106 Å². The van der Waals surface area contributed by atoms with Crippen molar-refractivity contribution in [2.75, 3.05) is 26.9 Å². The summed E-state index contributed by atoms with van der Waals surface area (Å²) >= 11 is 0. The number of ether oxygens (including phenoxy) is 3. The molecular formula is C16H19N3O6. The Morgan fingerprint density at radius 3 is 2.84 bits per heavy atom. The number of methoxy groups -OCH3 is 1. The normalized spacial score (nSPS) is 14.3. The van der Waals surface area contributed by atoms with Gasteiger partial charge in [-0.3, -0.25) is 14.9 Å². The fraction of sp³-hybridized carbons (Fsp3) is 0.500. The standard InChI is InChI=1S/C16H19N3O6/c1-18-12-6-13(19(21)22)14(25-9-10-7-24-8-10)5-11(12)17-15(18)3-4-16(20)23-2/h5-6,10H,3-4,7-9H2,1-2H3. The van der Waals surface area contributed by atoms with Gasteiger partial charge >= 0.3 is 11.7 Å². The van der Waals surface area contributed by atoms with Crippen molar-refractivity contribution in [3.63, 3.8) is 0 Å². The molecule has 1 aliphatic heterocycles. The number of rotatable bonds is 7. The zero-order valence-electron chi connectivity index (χ0n) is 14.1. The first kappa shape index (κ1) is 17.2. The molecule has 9 heteroatoms. The molecule has 9 nitrogen and oxygen atoms in total. The molecule has 2 heterocycles. The number of nitro groups is 1. The first-order valence-corrected chi connectivity index (χ1v) is 7.90. The van der Waals surface area contributed by atoms with E-state index in [0.29, 0.717) is 43.1 Å². The molecule has 25 heavy (non-hydrogen) atoms. The molecule has 134 valence electrons. The van der Waals surface area contributed by atoms with Gasteiger partial charge in [0.05, 0.1) is 49.3 Å². The van der Waals surface area contributed by atoms with Crippen LogP contribution in [-0.2, 0) is 27.7 Å². The first-order chi connectivity index (χ1) is 12.0. The van der Waals surface area contributed by atoms with Crippen molar-refractivity contribution in [2.45, 2.75) is 12.8 Å². The second-order valence-corrected chi connectivity index (χ2v) is 5.94. The highest BCUT2D eigenvalue weighted by Gasteiger charge is 2.24. The number of carbonyl (C=O) groups excluding carboxylic acids is 1. The number of carbonyl (C=O) groups is 1. The van der Waals surface area contributed by atoms with Gasteiger partial charge in [0.2, 0.25) is 0 Å². The number of aryl methyl sites for hydroxylation is 2. The average molecular weight is 349 g/mol. The van der Waals surface area contributed by atoms with Gasteiger partial charge in [-0.2, -0.15) is 0 Å². The molecule has 0 unspecified atom stereocenters. The minimum absolute atomic E-state index is 0.102. The maximum atomic E-state index is 11.4. The summed E-state index contributed by atoms with van der Waals surface area (Å²) in [5.74, 6) is 0.778. The van der Waals surface area contributed by atoms with E-state index >= 15 is 0 Å². The van der Waals surface area contributed by atoms with E-state index in [0.717, 1.165) is 0 Å². The Balaban J connectivity index is 1.89. The highest BCUT2D eigenvalue weighted by molar-refractivity contribution is 5.82. The number of hydrogen-bond acceptors (Lipinski definition) is 7. The third-order valence-electron chi connectivity index (χ3n) is 4.21. The molecular weight excluding hydrogens is 330 g/mol. The number of nitrogens with zero attached hydrogens (tertiary/aromatic N) is 3. The molecule has 0 amide bonds. The summed E-state index contributed by atoms with van der Waals surface area (Å²) < 4.78 is 17.1. The molecule has 0 spiro atoms. The second kappa shape index (κ2) is 7.06. The molecule has 0 radical (unpaired) electrons. The molecule has 1 aliphatic rings. The maximum Gasteiger partial charge on any atom is 0.313 e. The third-order valence-corrected chi connectivity index (χ3v) is 4.21. The number of nitro benzene ring substituents is 1. The molecule has 0 bridgehead atoms. The van der Waals surface area contributed by atoms with Crippen LogP contribution in [0.1, 0.15) is 12.2 Å². The summed E-state index contributed by atoms with van der Waals surface area (Å²) in [6, 6.07) is 3.03. The summed E-state index contributed by atoms with van der Waals surface area (Å²) in [7, 11) is 3.09. The van der Waals surface area contributed by atoms with Gasteiger partial charge in [0.1, 0.15) is 5.82 Å². The molecule has 0 saturated carbocycles. The van der Waals surface area contributed by atoms with E-state index < -0.39 is 4.92 Å². The molecule has 3 rings (SSSR count). The van der Waals surface area contributed by atoms with Crippen LogP contribution in [0.3, 0.4) is 0 Å². The number of benzene rings is 1. The minimum atomic E-state index is -0.465. The Labute approximate surface area is 143 Å². The number of hydrogen-bond donors (Lipinski definition) is 0. The summed E-state index contributed by atoms with van der Waals surface area (Å²) in [5.41, 5.74) is 1.11. The van der Waals surface area contributed by atoms with Crippen molar-refractivity contribution in [2.24, 2.45) is 13.0 Å². The largest absolute Gasteiger partial charge is 0.486 e. The van der Waals surface area contributed by atoms with E-state index in [1.165, 1.54) is 13.2 Å². The van der Waals surface area contributed by atoms with Crippen molar-refractivity contribution < 1.29 is 23.9 Å². The Kier molecular flexibility index (Phi) is 4.84. The number of fused-ring (bicyclic) bond motifs is 1. The van der Waals surface area contributed by atoms with Gasteiger partial charge in [0.25, 0.3) is 0 Å². The lowest BCUT2D eigenvalue weighted by molar-refractivity contribution is -0.385. The minimum Gasteiger partial charge on any atom is -0.486 e. The van der Waals surface area contributed by atoms with Crippen LogP contribution in [0.25, 0.3) is 11.0 Å². The Morgan fingerprint density at radius 2 is 2.24 bits per heavy atom. The molecule has 1 saturated heterocycles. The van der Waals surface area contributed by atoms with Crippen LogP contribution in [0.2, 0.25) is 0 Å². The first-order valence-electron chi connectivity index (χ1n) is 7.90. The van der Waals surface area contributed by atoms with Crippen LogP contribution in [0.5, 0.6) is 5.75 Å². The van der Waals surface area contributed by atoms with Gasteiger partial charge in [-0.05, 0) is 0 Å². The highest BCUT2D eigenvalue weighted by Crippen LogP contribution is 2.33. The maximum absolute atomic E-state index is 11.4. The van der Waals surface area contributed by atoms with Gasteiger partial charge in [-0.25, -0.2) is 4.98 Å². The number of esters is 1. The monoisotopic (exact) mass is 349 g/mol. The van der Waals surface area contributed by atoms with E-state index in [1.54, 1.807) is 17.7 Å². The summed E-state index contributed by atoms with van der Waals surface area (Å²) in [4.78, 5) is 26.7. The van der Waals surface area contributed by atoms with Crippen molar-refractivity contribution >= 4 is 22.7 Å². The number of imidazole rings is 1. The lowest BCUT2D eigenvalue weighted by Crippen LogP contribution is -2.32. The van der Waals surface area contributed by atoms with Crippen LogP contribution in [-0.4, -0.2) is 47.4 Å². The summed E-state index contributed by atoms with van der Waals surface area (Å²) in [6.45, 7) is 1.59. The third kappa shape index (κ3) is 3.55. The Bertz CT molecular complexity index is 812. The van der Waals surface area contributed by atoms with Gasteiger partial charge in [0.15, 0.2) is 5.75 Å². The highest BCUT2D eigenvalue weighted by atomic mass is 16.6. The molecule has 0 N–H and O–H groups in total. The fourth-order valence-electron chi connectivity index (χ4n) is 2.64. The second-order valence-electron chi connectivity index (χ2n) is 5.94. The Morgan fingerprint density at radius 1 is 1.48 bits per heavy atom. The fourth-order valence-corrected chi connectivity index (χ4v) is 2.64. The predicted octanol–water partition coefficient (Wildman–Crippen LogP) is 1.61. The van der Waals surface area contributed by atoms with Crippen LogP contribution in [0.4, 0.5) is 5.69 Å². The van der Waals surface area contributed by atoms with E-state index in [4.69, 9.17) is 9.47 Å². The van der Waals surface area contributed by atoms with Gasteiger partial charge in [0, 0.05) is 31.5 Å². The SMILES string of the molecule is COC(=O)CCc1nc2cc(OCC3COC3)c([N+](=O)[O-])cc2n1C. The summed E-state index contributed by atoms with van der Waals surface area (Å²) in [6.07, 6.45) is 0.585. The lowest BCUT2D eigenvalue weighted by Gasteiger charge is -2.25. The summed E-state index contributed by atoms with van der Waals surface area (Å²) in [5, 5.41) is 11.4. The van der Waals surface area contributed by atoms with E-state index in [9.17, 15) is 14.9 Å². The average Bonchev–Trinajstić information content (AvgIpc) is 2.85. The van der Waals surface area contributed by atoms with Crippen LogP contribution in [0.15, 0.2) is 12.1 Å². The van der Waals surface area contributed by atoms with Crippen molar-refractivity contribution in [3.05, 3.63) is 28.1 Å². The van der Waals surface area contributed by atoms with E-state index in [2.05, 4.69) is 9.72 Å². The molecule has 0 aliphatic carbocycles. The van der Waals surface area contributed by atoms with Crippen LogP contribution in [0, 0.1) is 16.0 Å². The lowest BCUT2D eigenvalue weighted by atomic mass is 10.1. The van der Waals surface area contributed by atoms with Crippen LogP contribution < -0.4 is 4.74 Å². The van der Waals surface area contributed by atoms with Gasteiger partial charge < -0.3 is 18.8 Å². The van der Waals surface area contributed by atoms with Gasteiger partial charge in [-0.1, -0.05) is 0 Å².